The number of rotatable bonds is 5. The molecule has 6 nitrogen and oxygen atoms in total. The largest absolute Gasteiger partial charge is 0.494 e. The first-order valence-electron chi connectivity index (χ1n) is 10.8. The maximum absolute atomic E-state index is 13.4. The summed E-state index contributed by atoms with van der Waals surface area (Å²) in [6, 6.07) is 15.6. The summed E-state index contributed by atoms with van der Waals surface area (Å²) in [5.41, 5.74) is 1.80. The number of anilines is 1. The molecule has 5 rings (SSSR count). The van der Waals surface area contributed by atoms with Crippen LogP contribution in [0.1, 0.15) is 37.2 Å². The Hall–Kier alpha value is -2.93. The Labute approximate surface area is 185 Å². The van der Waals surface area contributed by atoms with Gasteiger partial charge in [-0.05, 0) is 56.2 Å². The van der Waals surface area contributed by atoms with E-state index in [9.17, 15) is 9.59 Å². The molecule has 2 aromatic carbocycles. The molecule has 2 atom stereocenters. The highest BCUT2D eigenvalue weighted by Crippen LogP contribution is 2.38. The minimum atomic E-state index is -0.311. The first kappa shape index (κ1) is 20.0. The van der Waals surface area contributed by atoms with Crippen LogP contribution in [-0.2, 0) is 9.59 Å². The number of carbonyl (C=O) groups excluding carboxylic acids is 2. The zero-order chi connectivity index (χ0) is 21.4. The molecule has 2 saturated heterocycles. The quantitative estimate of drug-likeness (QED) is 0.596. The molecule has 0 unspecified atom stereocenters. The molecule has 0 saturated carbocycles. The number of carbonyl (C=O) groups is 2. The van der Waals surface area contributed by atoms with Gasteiger partial charge >= 0.3 is 0 Å². The highest BCUT2D eigenvalue weighted by atomic mass is 32.1. The van der Waals surface area contributed by atoms with Crippen molar-refractivity contribution in [3.05, 3.63) is 53.5 Å². The van der Waals surface area contributed by atoms with E-state index in [1.165, 1.54) is 0 Å². The Morgan fingerprint density at radius 1 is 1.19 bits per heavy atom. The lowest BCUT2D eigenvalue weighted by Gasteiger charge is -2.26. The van der Waals surface area contributed by atoms with Crippen LogP contribution in [0.5, 0.6) is 5.75 Å². The van der Waals surface area contributed by atoms with Crippen molar-refractivity contribution < 1.29 is 14.3 Å². The van der Waals surface area contributed by atoms with Gasteiger partial charge in [0.1, 0.15) is 10.8 Å². The molecule has 3 heterocycles. The molecule has 7 heteroatoms. The molecule has 2 aliphatic rings. The highest BCUT2D eigenvalue weighted by Gasteiger charge is 2.41. The van der Waals surface area contributed by atoms with E-state index in [0.29, 0.717) is 13.2 Å². The molecule has 0 bridgehead atoms. The summed E-state index contributed by atoms with van der Waals surface area (Å²) in [6.07, 6.45) is 2.15. The van der Waals surface area contributed by atoms with E-state index in [1.54, 1.807) is 16.2 Å². The normalized spacial score (nSPS) is 21.3. The fourth-order valence-corrected chi connectivity index (χ4v) is 5.68. The Kier molecular flexibility index (Phi) is 5.36. The predicted octanol–water partition coefficient (Wildman–Crippen LogP) is 4.41. The van der Waals surface area contributed by atoms with E-state index in [0.717, 1.165) is 46.0 Å². The summed E-state index contributed by atoms with van der Waals surface area (Å²) in [7, 11) is 0. The van der Waals surface area contributed by atoms with Crippen molar-refractivity contribution in [2.45, 2.75) is 32.2 Å². The molecule has 0 radical (unpaired) electrons. The number of benzene rings is 2. The fraction of sp³-hybridized carbons (Fsp3) is 0.375. The topological polar surface area (TPSA) is 62.7 Å². The molecule has 0 N–H and O–H groups in total. The van der Waals surface area contributed by atoms with Crippen LogP contribution in [0.25, 0.3) is 10.2 Å². The van der Waals surface area contributed by atoms with Gasteiger partial charge in [0.2, 0.25) is 11.8 Å². The molecule has 0 spiro atoms. The monoisotopic (exact) mass is 435 g/mol. The number of hydrogen-bond donors (Lipinski definition) is 0. The van der Waals surface area contributed by atoms with Crippen molar-refractivity contribution in [2.75, 3.05) is 24.6 Å². The van der Waals surface area contributed by atoms with E-state index < -0.39 is 0 Å². The van der Waals surface area contributed by atoms with Gasteiger partial charge in [-0.15, -0.1) is 11.3 Å². The first-order valence-corrected chi connectivity index (χ1v) is 11.6. The van der Waals surface area contributed by atoms with Crippen molar-refractivity contribution in [3.8, 4) is 5.75 Å². The summed E-state index contributed by atoms with van der Waals surface area (Å²) in [6.45, 7) is 3.69. The van der Waals surface area contributed by atoms with Crippen molar-refractivity contribution in [3.63, 3.8) is 0 Å². The molecule has 2 fully saturated rings. The summed E-state index contributed by atoms with van der Waals surface area (Å²) in [5.74, 6) is 0.539. The van der Waals surface area contributed by atoms with E-state index in [1.807, 2.05) is 54.3 Å². The van der Waals surface area contributed by atoms with Gasteiger partial charge < -0.3 is 14.5 Å². The minimum Gasteiger partial charge on any atom is -0.494 e. The summed E-state index contributed by atoms with van der Waals surface area (Å²) < 4.78 is 6.63. The lowest BCUT2D eigenvalue weighted by molar-refractivity contribution is -0.136. The van der Waals surface area contributed by atoms with Gasteiger partial charge in [0.15, 0.2) is 0 Å². The third-order valence-electron chi connectivity index (χ3n) is 6.07. The lowest BCUT2D eigenvalue weighted by Crippen LogP contribution is -2.37. The summed E-state index contributed by atoms with van der Waals surface area (Å²) in [5, 5.41) is 1.000. The van der Waals surface area contributed by atoms with Crippen molar-refractivity contribution >= 4 is 39.1 Å². The van der Waals surface area contributed by atoms with E-state index >= 15 is 0 Å². The van der Waals surface area contributed by atoms with Crippen molar-refractivity contribution in [1.29, 1.82) is 0 Å². The van der Waals surface area contributed by atoms with Gasteiger partial charge in [-0.1, -0.05) is 12.1 Å². The van der Waals surface area contributed by atoms with Crippen LogP contribution >= 0.6 is 11.3 Å². The second-order valence-corrected chi connectivity index (χ2v) is 9.10. The zero-order valence-electron chi connectivity index (χ0n) is 17.5. The van der Waals surface area contributed by atoms with Crippen molar-refractivity contribution in [2.24, 2.45) is 5.92 Å². The predicted molar refractivity (Wildman–Crippen MR) is 121 cm³/mol. The lowest BCUT2D eigenvalue weighted by atomic mass is 10.1. The van der Waals surface area contributed by atoms with Crippen LogP contribution in [0.2, 0.25) is 0 Å². The minimum absolute atomic E-state index is 0.00163. The van der Waals surface area contributed by atoms with Gasteiger partial charge in [0, 0.05) is 25.2 Å². The van der Waals surface area contributed by atoms with Gasteiger partial charge in [-0.25, -0.2) is 4.98 Å². The third-order valence-corrected chi connectivity index (χ3v) is 7.20. The highest BCUT2D eigenvalue weighted by molar-refractivity contribution is 7.18. The smallest absolute Gasteiger partial charge is 0.228 e. The second-order valence-electron chi connectivity index (χ2n) is 8.04. The Bertz CT molecular complexity index is 1080. The van der Waals surface area contributed by atoms with Crippen LogP contribution in [0.4, 0.5) is 5.69 Å². The molecular weight excluding hydrogens is 410 g/mol. The maximum atomic E-state index is 13.4. The van der Waals surface area contributed by atoms with Crippen LogP contribution in [-0.4, -0.2) is 41.4 Å². The Morgan fingerprint density at radius 2 is 2.00 bits per heavy atom. The number of para-hydroxylation sites is 1. The third kappa shape index (κ3) is 3.78. The van der Waals surface area contributed by atoms with Gasteiger partial charge in [-0.3, -0.25) is 9.59 Å². The van der Waals surface area contributed by atoms with Crippen molar-refractivity contribution in [1.82, 2.24) is 9.88 Å². The molecular formula is C24H25N3O3S. The number of nitrogens with zero attached hydrogens (tertiary/aromatic N) is 3. The molecule has 160 valence electrons. The summed E-state index contributed by atoms with van der Waals surface area (Å²) in [4.78, 5) is 34.6. The molecule has 2 amide bonds. The second kappa shape index (κ2) is 8.30. The Morgan fingerprint density at radius 3 is 2.77 bits per heavy atom. The average Bonchev–Trinajstić information content (AvgIpc) is 3.51. The van der Waals surface area contributed by atoms with Crippen LogP contribution in [0.3, 0.4) is 0 Å². The average molecular weight is 436 g/mol. The maximum Gasteiger partial charge on any atom is 0.228 e. The number of amides is 2. The SMILES string of the molecule is CCOc1ccc(N2C[C@@H](C(=O)N3CCC[C@H]3c3nc4ccccc4s3)CC2=O)cc1. The van der Waals surface area contributed by atoms with Crippen LogP contribution in [0.15, 0.2) is 48.5 Å². The molecule has 1 aromatic heterocycles. The van der Waals surface area contributed by atoms with Gasteiger partial charge in [-0.2, -0.15) is 0 Å². The van der Waals surface area contributed by atoms with Crippen LogP contribution < -0.4 is 9.64 Å². The molecule has 2 aliphatic heterocycles. The number of ether oxygens (including phenoxy) is 1. The van der Waals surface area contributed by atoms with E-state index in [2.05, 4.69) is 6.07 Å². The molecule has 0 aliphatic carbocycles. The van der Waals surface area contributed by atoms with Crippen LogP contribution in [0, 0.1) is 5.92 Å². The fourth-order valence-electron chi connectivity index (χ4n) is 4.57. The molecule has 3 aromatic rings. The summed E-state index contributed by atoms with van der Waals surface area (Å²) >= 11 is 1.67. The zero-order valence-corrected chi connectivity index (χ0v) is 18.3. The van der Waals surface area contributed by atoms with Gasteiger partial charge in [0.05, 0.1) is 28.8 Å². The number of likely N-dealkylation sites (tertiary alicyclic amines) is 1. The standard InChI is InChI=1S/C24H25N3O3S/c1-2-30-18-11-9-17(10-12-18)27-15-16(14-22(27)28)24(29)26-13-5-7-20(26)23-25-19-6-3-4-8-21(19)31-23/h3-4,6,8-12,16,20H,2,5,7,13-15H2,1H3/t16-,20-/m0/s1. The Balaban J connectivity index is 1.32. The number of thiazole rings is 1. The van der Waals surface area contributed by atoms with E-state index in [-0.39, 0.29) is 30.2 Å². The van der Waals surface area contributed by atoms with Gasteiger partial charge in [0.25, 0.3) is 0 Å². The van der Waals surface area contributed by atoms with E-state index in [4.69, 9.17) is 9.72 Å². The number of fused-ring (bicyclic) bond motifs is 1. The first-order chi connectivity index (χ1) is 15.1. The number of hydrogen-bond acceptors (Lipinski definition) is 5. The number of aromatic nitrogens is 1. The molecule has 31 heavy (non-hydrogen) atoms.